The molecule has 3 nitrogen and oxygen atoms in total. The van der Waals surface area contributed by atoms with Gasteiger partial charge in [0.2, 0.25) is 0 Å². The molecule has 0 aliphatic carbocycles. The molecular weight excluding hydrogens is 162 g/mol. The molecule has 0 fully saturated rings. The van der Waals surface area contributed by atoms with Gasteiger partial charge in [-0.25, -0.2) is 5.43 Å². The fraction of sp³-hybridized carbons (Fsp3) is 0.400. The minimum atomic E-state index is 0.218. The first-order chi connectivity index (χ1) is 6.29. The fourth-order valence-electron chi connectivity index (χ4n) is 1.75. The van der Waals surface area contributed by atoms with Gasteiger partial charge in [-0.05, 0) is 31.4 Å². The van der Waals surface area contributed by atoms with Crippen LogP contribution in [0.15, 0.2) is 18.2 Å². The summed E-state index contributed by atoms with van der Waals surface area (Å²) in [6.45, 7) is 2.12. The summed E-state index contributed by atoms with van der Waals surface area (Å²) in [6.07, 6.45) is 2.36. The second-order valence-corrected chi connectivity index (χ2v) is 3.56. The van der Waals surface area contributed by atoms with Crippen molar-refractivity contribution in [2.24, 2.45) is 5.84 Å². The molecule has 1 unspecified atom stereocenters. The fourth-order valence-corrected chi connectivity index (χ4v) is 1.75. The molecule has 1 aliphatic heterocycles. The summed E-state index contributed by atoms with van der Waals surface area (Å²) in [5, 5.41) is 3.34. The van der Waals surface area contributed by atoms with E-state index in [1.54, 1.807) is 0 Å². The Morgan fingerprint density at radius 1 is 1.54 bits per heavy atom. The molecule has 1 aromatic rings. The van der Waals surface area contributed by atoms with Crippen LogP contribution in [0, 0.1) is 6.92 Å². The van der Waals surface area contributed by atoms with Crippen LogP contribution < -0.4 is 16.6 Å². The van der Waals surface area contributed by atoms with E-state index in [4.69, 9.17) is 5.84 Å². The standard InChI is InChI=1S/C10H15N3/c1-7-2-4-9-8(6-7)3-5-10(12-9)13-11/h2,4,6,10,12-13H,3,5,11H2,1H3. The third-order valence-corrected chi connectivity index (χ3v) is 2.49. The van der Waals surface area contributed by atoms with Crippen molar-refractivity contribution in [3.8, 4) is 0 Å². The number of aryl methyl sites for hydroxylation is 2. The zero-order chi connectivity index (χ0) is 9.26. The van der Waals surface area contributed by atoms with E-state index < -0.39 is 0 Å². The highest BCUT2D eigenvalue weighted by Crippen LogP contribution is 2.24. The molecule has 0 saturated heterocycles. The van der Waals surface area contributed by atoms with E-state index in [0.717, 1.165) is 12.8 Å². The number of benzene rings is 1. The summed E-state index contributed by atoms with van der Waals surface area (Å²) in [5.74, 6) is 5.38. The van der Waals surface area contributed by atoms with Gasteiger partial charge < -0.3 is 5.32 Å². The molecule has 0 saturated carbocycles. The molecule has 0 radical (unpaired) electrons. The summed E-state index contributed by atoms with van der Waals surface area (Å²) in [7, 11) is 0. The van der Waals surface area contributed by atoms with Gasteiger partial charge in [-0.15, -0.1) is 0 Å². The Hall–Kier alpha value is -1.06. The van der Waals surface area contributed by atoms with Gasteiger partial charge in [0.25, 0.3) is 0 Å². The van der Waals surface area contributed by atoms with Gasteiger partial charge in [-0.2, -0.15) is 0 Å². The number of nitrogens with one attached hydrogen (secondary N) is 2. The van der Waals surface area contributed by atoms with Crippen molar-refractivity contribution in [1.29, 1.82) is 0 Å². The maximum Gasteiger partial charge on any atom is 0.0896 e. The molecule has 4 N–H and O–H groups in total. The maximum absolute atomic E-state index is 5.38. The summed E-state index contributed by atoms with van der Waals surface area (Å²) in [6, 6.07) is 6.47. The first kappa shape index (κ1) is 8.53. The van der Waals surface area contributed by atoms with Crippen molar-refractivity contribution in [2.45, 2.75) is 25.9 Å². The number of hydrogen-bond donors (Lipinski definition) is 3. The quantitative estimate of drug-likeness (QED) is 0.445. The minimum Gasteiger partial charge on any atom is -0.369 e. The third kappa shape index (κ3) is 1.66. The Bertz CT molecular complexity index is 309. The number of hydrazine groups is 1. The number of hydrogen-bond acceptors (Lipinski definition) is 3. The SMILES string of the molecule is Cc1ccc2c(c1)CCC(NN)N2. The zero-order valence-corrected chi connectivity index (χ0v) is 7.80. The molecule has 0 spiro atoms. The van der Waals surface area contributed by atoms with Crippen LogP contribution in [0.5, 0.6) is 0 Å². The summed E-state index contributed by atoms with van der Waals surface area (Å²) >= 11 is 0. The molecule has 0 amide bonds. The second-order valence-electron chi connectivity index (χ2n) is 3.56. The lowest BCUT2D eigenvalue weighted by molar-refractivity contribution is 0.530. The molecule has 70 valence electrons. The lowest BCUT2D eigenvalue weighted by Gasteiger charge is -2.26. The maximum atomic E-state index is 5.38. The lowest BCUT2D eigenvalue weighted by Crippen LogP contribution is -2.43. The van der Waals surface area contributed by atoms with Crippen molar-refractivity contribution in [1.82, 2.24) is 5.43 Å². The van der Waals surface area contributed by atoms with Gasteiger partial charge >= 0.3 is 0 Å². The monoisotopic (exact) mass is 177 g/mol. The average Bonchev–Trinajstić information content (AvgIpc) is 2.17. The zero-order valence-electron chi connectivity index (χ0n) is 7.80. The van der Waals surface area contributed by atoms with Crippen molar-refractivity contribution >= 4 is 5.69 Å². The highest BCUT2D eigenvalue weighted by molar-refractivity contribution is 5.54. The topological polar surface area (TPSA) is 50.1 Å². The molecule has 1 atom stereocenters. The molecule has 0 aromatic heterocycles. The highest BCUT2D eigenvalue weighted by atomic mass is 15.3. The largest absolute Gasteiger partial charge is 0.369 e. The number of anilines is 1. The number of rotatable bonds is 1. The van der Waals surface area contributed by atoms with E-state index in [-0.39, 0.29) is 6.17 Å². The van der Waals surface area contributed by atoms with Crippen molar-refractivity contribution < 1.29 is 0 Å². The highest BCUT2D eigenvalue weighted by Gasteiger charge is 2.15. The van der Waals surface area contributed by atoms with Gasteiger partial charge in [0, 0.05) is 5.69 Å². The van der Waals surface area contributed by atoms with Crippen LogP contribution in [0.25, 0.3) is 0 Å². The number of nitrogens with two attached hydrogens (primary N) is 1. The molecule has 13 heavy (non-hydrogen) atoms. The molecule has 1 aliphatic rings. The Morgan fingerprint density at radius 2 is 2.38 bits per heavy atom. The molecular formula is C10H15N3. The van der Waals surface area contributed by atoms with E-state index in [9.17, 15) is 0 Å². The smallest absolute Gasteiger partial charge is 0.0896 e. The first-order valence-electron chi connectivity index (χ1n) is 4.62. The molecule has 1 aromatic carbocycles. The van der Waals surface area contributed by atoms with Crippen LogP contribution in [0.4, 0.5) is 5.69 Å². The minimum absolute atomic E-state index is 0.218. The predicted molar refractivity (Wildman–Crippen MR) is 54.2 cm³/mol. The van der Waals surface area contributed by atoms with E-state index in [1.807, 2.05) is 0 Å². The van der Waals surface area contributed by atoms with Crippen LogP contribution in [0.1, 0.15) is 17.5 Å². The van der Waals surface area contributed by atoms with Gasteiger partial charge in [-0.3, -0.25) is 5.84 Å². The van der Waals surface area contributed by atoms with Gasteiger partial charge in [0.1, 0.15) is 0 Å². The van der Waals surface area contributed by atoms with Crippen molar-refractivity contribution in [3.05, 3.63) is 29.3 Å². The van der Waals surface area contributed by atoms with E-state index in [2.05, 4.69) is 35.9 Å². The lowest BCUT2D eigenvalue weighted by atomic mass is 10.00. The number of fused-ring (bicyclic) bond motifs is 1. The summed E-state index contributed by atoms with van der Waals surface area (Å²) in [4.78, 5) is 0. The van der Waals surface area contributed by atoms with Gasteiger partial charge in [0.05, 0.1) is 6.17 Å². The normalized spacial score (nSPS) is 20.6. The van der Waals surface area contributed by atoms with Crippen LogP contribution in [-0.4, -0.2) is 6.17 Å². The van der Waals surface area contributed by atoms with Crippen LogP contribution in [0.3, 0.4) is 0 Å². The van der Waals surface area contributed by atoms with Crippen LogP contribution in [-0.2, 0) is 6.42 Å². The van der Waals surface area contributed by atoms with E-state index >= 15 is 0 Å². The van der Waals surface area contributed by atoms with E-state index in [1.165, 1.54) is 16.8 Å². The van der Waals surface area contributed by atoms with Crippen LogP contribution in [0.2, 0.25) is 0 Å². The van der Waals surface area contributed by atoms with Crippen LogP contribution >= 0.6 is 0 Å². The average molecular weight is 177 g/mol. The Kier molecular flexibility index (Phi) is 2.20. The Morgan fingerprint density at radius 3 is 3.15 bits per heavy atom. The molecule has 3 heteroatoms. The third-order valence-electron chi connectivity index (χ3n) is 2.49. The molecule has 1 heterocycles. The van der Waals surface area contributed by atoms with Crippen molar-refractivity contribution in [3.63, 3.8) is 0 Å². The Labute approximate surface area is 78.3 Å². The Balaban J connectivity index is 2.26. The first-order valence-corrected chi connectivity index (χ1v) is 4.62. The molecule has 0 bridgehead atoms. The predicted octanol–water partition coefficient (Wildman–Crippen LogP) is 1.14. The summed E-state index contributed by atoms with van der Waals surface area (Å²) < 4.78 is 0. The van der Waals surface area contributed by atoms with Gasteiger partial charge in [0.15, 0.2) is 0 Å². The van der Waals surface area contributed by atoms with E-state index in [0.29, 0.717) is 0 Å². The molecule has 2 rings (SSSR count). The summed E-state index contributed by atoms with van der Waals surface area (Å²) in [5.41, 5.74) is 6.67. The van der Waals surface area contributed by atoms with Gasteiger partial charge in [-0.1, -0.05) is 17.7 Å². The second kappa shape index (κ2) is 3.36. The van der Waals surface area contributed by atoms with Crippen molar-refractivity contribution in [2.75, 3.05) is 5.32 Å².